The van der Waals surface area contributed by atoms with Crippen molar-refractivity contribution in [1.29, 1.82) is 0 Å². The zero-order valence-electron chi connectivity index (χ0n) is 22.4. The van der Waals surface area contributed by atoms with Crippen molar-refractivity contribution in [3.63, 3.8) is 0 Å². The van der Waals surface area contributed by atoms with Crippen molar-refractivity contribution in [3.05, 3.63) is 99.5 Å². The Morgan fingerprint density at radius 1 is 0.923 bits per heavy atom. The normalized spacial score (nSPS) is 12.2. The van der Waals surface area contributed by atoms with Crippen LogP contribution in [-0.4, -0.2) is 50.0 Å². The van der Waals surface area contributed by atoms with Gasteiger partial charge in [-0.15, -0.1) is 0 Å². The van der Waals surface area contributed by atoms with Crippen LogP contribution in [0.25, 0.3) is 0 Å². The predicted molar refractivity (Wildman–Crippen MR) is 158 cm³/mol. The fraction of sp³-hybridized carbons (Fsp3) is 0.310. The largest absolute Gasteiger partial charge is 0.352 e. The molecular formula is C29H33Cl2N3O4S. The lowest BCUT2D eigenvalue weighted by atomic mass is 10.0. The van der Waals surface area contributed by atoms with Crippen molar-refractivity contribution in [3.8, 4) is 0 Å². The van der Waals surface area contributed by atoms with Gasteiger partial charge in [-0.1, -0.05) is 83.4 Å². The molecule has 0 heterocycles. The highest BCUT2D eigenvalue weighted by Gasteiger charge is 2.33. The summed E-state index contributed by atoms with van der Waals surface area (Å²) in [5, 5.41) is 3.32. The second-order valence-corrected chi connectivity index (χ2v) is 12.5. The van der Waals surface area contributed by atoms with Gasteiger partial charge in [0.05, 0.1) is 17.0 Å². The third-order valence-electron chi connectivity index (χ3n) is 6.03. The van der Waals surface area contributed by atoms with E-state index in [4.69, 9.17) is 23.2 Å². The SMILES string of the molecule is Cc1ccc(CN(C(=O)CN(c2cc(Cl)ccc2Cl)S(C)(=O)=O)[C@@H](Cc2ccccc2)C(=O)NC(C)C)cc1. The van der Waals surface area contributed by atoms with E-state index in [-0.39, 0.29) is 40.6 Å². The molecule has 3 aromatic carbocycles. The average Bonchev–Trinajstić information content (AvgIpc) is 2.86. The van der Waals surface area contributed by atoms with E-state index in [0.29, 0.717) is 0 Å². The van der Waals surface area contributed by atoms with Gasteiger partial charge < -0.3 is 10.2 Å². The van der Waals surface area contributed by atoms with Crippen LogP contribution in [0.2, 0.25) is 10.0 Å². The first-order chi connectivity index (χ1) is 18.3. The van der Waals surface area contributed by atoms with Crippen molar-refractivity contribution in [2.24, 2.45) is 0 Å². The molecule has 0 spiro atoms. The topological polar surface area (TPSA) is 86.8 Å². The van der Waals surface area contributed by atoms with Gasteiger partial charge in [-0.05, 0) is 50.1 Å². The van der Waals surface area contributed by atoms with Gasteiger partial charge in [0, 0.05) is 24.0 Å². The Morgan fingerprint density at radius 2 is 1.56 bits per heavy atom. The van der Waals surface area contributed by atoms with Crippen LogP contribution in [0.5, 0.6) is 0 Å². The highest BCUT2D eigenvalue weighted by atomic mass is 35.5. The maximum Gasteiger partial charge on any atom is 0.244 e. The number of anilines is 1. The molecule has 0 aliphatic rings. The van der Waals surface area contributed by atoms with E-state index in [1.807, 2.05) is 75.4 Å². The lowest BCUT2D eigenvalue weighted by Crippen LogP contribution is -2.54. The summed E-state index contributed by atoms with van der Waals surface area (Å²) < 4.78 is 26.6. The maximum atomic E-state index is 14.0. The quantitative estimate of drug-likeness (QED) is 0.331. The number of hydrogen-bond acceptors (Lipinski definition) is 4. The molecule has 1 atom stereocenters. The highest BCUT2D eigenvalue weighted by molar-refractivity contribution is 7.92. The molecule has 0 bridgehead atoms. The number of sulfonamides is 1. The van der Waals surface area contributed by atoms with Gasteiger partial charge in [0.25, 0.3) is 0 Å². The van der Waals surface area contributed by atoms with Gasteiger partial charge in [-0.3, -0.25) is 13.9 Å². The maximum absolute atomic E-state index is 14.0. The first-order valence-corrected chi connectivity index (χ1v) is 15.1. The lowest BCUT2D eigenvalue weighted by molar-refractivity contribution is -0.140. The molecule has 3 aromatic rings. The monoisotopic (exact) mass is 589 g/mol. The van der Waals surface area contributed by atoms with Crippen LogP contribution in [-0.2, 0) is 32.6 Å². The Morgan fingerprint density at radius 3 is 2.15 bits per heavy atom. The standard InChI is InChI=1S/C29H33Cl2N3O4S/c1-20(2)32-29(36)27(16-22-8-6-5-7-9-22)33(18-23-12-10-21(3)11-13-23)28(35)19-34(39(4,37)38)26-17-24(30)14-15-25(26)31/h5-15,17,20,27H,16,18-19H2,1-4H3,(H,32,36)/t27-/m0/s1. The minimum absolute atomic E-state index is 0.0848. The molecule has 0 radical (unpaired) electrons. The number of benzene rings is 3. The van der Waals surface area contributed by atoms with E-state index in [2.05, 4.69) is 5.32 Å². The van der Waals surface area contributed by atoms with Crippen molar-refractivity contribution in [1.82, 2.24) is 10.2 Å². The number of aryl methyl sites for hydroxylation is 1. The molecule has 2 amide bonds. The minimum Gasteiger partial charge on any atom is -0.352 e. The summed E-state index contributed by atoms with van der Waals surface area (Å²) in [5.74, 6) is -0.891. The molecule has 1 N–H and O–H groups in total. The number of nitrogens with one attached hydrogen (secondary N) is 1. The summed E-state index contributed by atoms with van der Waals surface area (Å²) in [6.45, 7) is 5.18. The zero-order chi connectivity index (χ0) is 28.7. The smallest absolute Gasteiger partial charge is 0.244 e. The molecule has 7 nitrogen and oxygen atoms in total. The van der Waals surface area contributed by atoms with Gasteiger partial charge in [0.1, 0.15) is 12.6 Å². The molecule has 10 heteroatoms. The summed E-state index contributed by atoms with van der Waals surface area (Å²) in [6.07, 6.45) is 1.24. The second kappa shape index (κ2) is 13.3. The van der Waals surface area contributed by atoms with Crippen LogP contribution < -0.4 is 9.62 Å². The van der Waals surface area contributed by atoms with Gasteiger partial charge in [-0.2, -0.15) is 0 Å². The van der Waals surface area contributed by atoms with Gasteiger partial charge in [0.15, 0.2) is 0 Å². The molecule has 0 unspecified atom stereocenters. The van der Waals surface area contributed by atoms with Gasteiger partial charge >= 0.3 is 0 Å². The summed E-state index contributed by atoms with van der Waals surface area (Å²) in [5.41, 5.74) is 2.80. The molecule has 39 heavy (non-hydrogen) atoms. The molecule has 208 valence electrons. The fourth-order valence-electron chi connectivity index (χ4n) is 4.10. The average molecular weight is 591 g/mol. The summed E-state index contributed by atoms with van der Waals surface area (Å²) in [7, 11) is -3.95. The number of carbonyl (C=O) groups is 2. The number of amides is 2. The number of rotatable bonds is 11. The first-order valence-electron chi connectivity index (χ1n) is 12.5. The third kappa shape index (κ3) is 8.71. The van der Waals surface area contributed by atoms with Crippen molar-refractivity contribution >= 4 is 50.7 Å². The summed E-state index contributed by atoms with van der Waals surface area (Å²) in [6, 6.07) is 20.3. The first kappa shape index (κ1) is 30.5. The van der Waals surface area contributed by atoms with Crippen LogP contribution in [0.1, 0.15) is 30.5 Å². The van der Waals surface area contributed by atoms with Gasteiger partial charge in [0.2, 0.25) is 21.8 Å². The number of carbonyl (C=O) groups excluding carboxylic acids is 2. The van der Waals surface area contributed by atoms with Crippen LogP contribution >= 0.6 is 23.2 Å². The van der Waals surface area contributed by atoms with E-state index in [1.54, 1.807) is 0 Å². The number of hydrogen-bond donors (Lipinski definition) is 1. The van der Waals surface area contributed by atoms with Crippen molar-refractivity contribution in [2.75, 3.05) is 17.1 Å². The third-order valence-corrected chi connectivity index (χ3v) is 7.71. The molecule has 0 fully saturated rings. The van der Waals surface area contributed by atoms with Crippen molar-refractivity contribution in [2.45, 2.75) is 45.8 Å². The molecule has 0 saturated carbocycles. The van der Waals surface area contributed by atoms with E-state index in [1.165, 1.54) is 23.1 Å². The Balaban J connectivity index is 2.07. The lowest BCUT2D eigenvalue weighted by Gasteiger charge is -2.34. The van der Waals surface area contributed by atoms with E-state index >= 15 is 0 Å². The predicted octanol–water partition coefficient (Wildman–Crippen LogP) is 5.23. The summed E-state index contributed by atoms with van der Waals surface area (Å²) >= 11 is 12.5. The molecular weight excluding hydrogens is 557 g/mol. The highest BCUT2D eigenvalue weighted by Crippen LogP contribution is 2.31. The molecule has 0 aromatic heterocycles. The number of nitrogens with zero attached hydrogens (tertiary/aromatic N) is 2. The Labute approximate surface area is 240 Å². The fourth-order valence-corrected chi connectivity index (χ4v) is 5.39. The van der Waals surface area contributed by atoms with E-state index < -0.39 is 28.5 Å². The molecule has 3 rings (SSSR count). The minimum atomic E-state index is -3.95. The Bertz CT molecular complexity index is 1400. The van der Waals surface area contributed by atoms with Crippen LogP contribution in [0.4, 0.5) is 5.69 Å². The molecule has 0 saturated heterocycles. The molecule has 0 aliphatic heterocycles. The number of halogens is 2. The van der Waals surface area contributed by atoms with E-state index in [9.17, 15) is 18.0 Å². The van der Waals surface area contributed by atoms with Gasteiger partial charge in [-0.25, -0.2) is 8.42 Å². The Kier molecular flexibility index (Phi) is 10.4. The van der Waals surface area contributed by atoms with Crippen molar-refractivity contribution < 1.29 is 18.0 Å². The Hall–Kier alpha value is -3.07. The summed E-state index contributed by atoms with van der Waals surface area (Å²) in [4.78, 5) is 29.0. The van der Waals surface area contributed by atoms with Crippen LogP contribution in [0, 0.1) is 6.92 Å². The zero-order valence-corrected chi connectivity index (χ0v) is 24.7. The van der Waals surface area contributed by atoms with E-state index in [0.717, 1.165) is 27.3 Å². The second-order valence-electron chi connectivity index (χ2n) is 9.74. The van der Waals surface area contributed by atoms with Crippen LogP contribution in [0.15, 0.2) is 72.8 Å². The molecule has 0 aliphatic carbocycles. The van der Waals surface area contributed by atoms with Crippen LogP contribution in [0.3, 0.4) is 0 Å².